The van der Waals surface area contributed by atoms with Crippen LogP contribution < -0.4 is 0 Å². The van der Waals surface area contributed by atoms with Crippen LogP contribution in [0.3, 0.4) is 0 Å². The van der Waals surface area contributed by atoms with E-state index in [9.17, 15) is 5.11 Å². The van der Waals surface area contributed by atoms with Crippen LogP contribution in [0.4, 0.5) is 0 Å². The van der Waals surface area contributed by atoms with Crippen LogP contribution in [0.25, 0.3) is 0 Å². The summed E-state index contributed by atoms with van der Waals surface area (Å²) in [4.78, 5) is 2.39. The van der Waals surface area contributed by atoms with Crippen LogP contribution in [0.15, 0.2) is 60.7 Å². The van der Waals surface area contributed by atoms with Gasteiger partial charge in [-0.2, -0.15) is 0 Å². The second-order valence-corrected chi connectivity index (χ2v) is 6.34. The minimum Gasteiger partial charge on any atom is -0.395 e. The third kappa shape index (κ3) is 6.86. The summed E-state index contributed by atoms with van der Waals surface area (Å²) in [6.07, 6.45) is 1.01. The van der Waals surface area contributed by atoms with Gasteiger partial charge in [-0.15, -0.1) is 17.0 Å². The third-order valence-electron chi connectivity index (χ3n) is 3.93. The van der Waals surface area contributed by atoms with Crippen LogP contribution >= 0.6 is 17.0 Å². The van der Waals surface area contributed by atoms with E-state index in [4.69, 9.17) is 0 Å². The van der Waals surface area contributed by atoms with Crippen molar-refractivity contribution in [3.05, 3.63) is 71.8 Å². The van der Waals surface area contributed by atoms with E-state index in [1.54, 1.807) is 0 Å². The van der Waals surface area contributed by atoms with Crippen LogP contribution in [0.1, 0.15) is 31.4 Å². The zero-order valence-electron chi connectivity index (χ0n) is 14.1. The first-order chi connectivity index (χ1) is 10.7. The lowest BCUT2D eigenvalue weighted by Crippen LogP contribution is -2.38. The molecule has 0 saturated heterocycles. The topological polar surface area (TPSA) is 23.5 Å². The number of rotatable bonds is 8. The molecular weight excluding hydrogens is 350 g/mol. The fourth-order valence-electron chi connectivity index (χ4n) is 2.83. The number of nitrogens with zero attached hydrogens (tertiary/aromatic N) is 1. The summed E-state index contributed by atoms with van der Waals surface area (Å²) in [6.45, 7) is 6.37. The van der Waals surface area contributed by atoms with Gasteiger partial charge in [-0.25, -0.2) is 0 Å². The van der Waals surface area contributed by atoms with Crippen LogP contribution in [0.2, 0.25) is 0 Å². The Balaban J connectivity index is 0.00000264. The van der Waals surface area contributed by atoms with Crippen LogP contribution in [-0.2, 0) is 13.1 Å². The lowest BCUT2D eigenvalue weighted by Gasteiger charge is -2.32. The normalized spacial score (nSPS) is 12.2. The molecule has 0 saturated carbocycles. The van der Waals surface area contributed by atoms with Crippen molar-refractivity contribution in [3.8, 4) is 0 Å². The monoisotopic (exact) mass is 377 g/mol. The molecule has 0 aliphatic heterocycles. The summed E-state index contributed by atoms with van der Waals surface area (Å²) >= 11 is 0. The highest BCUT2D eigenvalue weighted by atomic mass is 79.9. The zero-order valence-corrected chi connectivity index (χ0v) is 15.8. The third-order valence-corrected chi connectivity index (χ3v) is 3.93. The summed E-state index contributed by atoms with van der Waals surface area (Å²) in [7, 11) is 0. The van der Waals surface area contributed by atoms with Gasteiger partial charge in [0.2, 0.25) is 0 Å². The highest BCUT2D eigenvalue weighted by Gasteiger charge is 2.19. The molecule has 0 spiro atoms. The Labute approximate surface area is 150 Å². The van der Waals surface area contributed by atoms with Gasteiger partial charge in [-0.3, -0.25) is 4.90 Å². The molecule has 0 aromatic heterocycles. The summed E-state index contributed by atoms with van der Waals surface area (Å²) in [6, 6.07) is 21.2. The molecule has 126 valence electrons. The van der Waals surface area contributed by atoms with E-state index in [0.29, 0.717) is 5.92 Å². The second-order valence-electron chi connectivity index (χ2n) is 6.34. The van der Waals surface area contributed by atoms with E-state index in [2.05, 4.69) is 67.3 Å². The maximum atomic E-state index is 9.86. The average molecular weight is 378 g/mol. The minimum absolute atomic E-state index is 0. The predicted molar refractivity (Wildman–Crippen MR) is 103 cm³/mol. The SMILES string of the molecule is Br.CC(C)C[C@@H](CO)N(Cc1ccccc1)Cc1ccccc1. The summed E-state index contributed by atoms with van der Waals surface area (Å²) < 4.78 is 0. The first-order valence-electron chi connectivity index (χ1n) is 8.11. The Morgan fingerprint density at radius 3 is 1.61 bits per heavy atom. The Kier molecular flexibility index (Phi) is 9.15. The maximum Gasteiger partial charge on any atom is 0.0587 e. The van der Waals surface area contributed by atoms with Gasteiger partial charge < -0.3 is 5.11 Å². The molecule has 0 bridgehead atoms. The fourth-order valence-corrected chi connectivity index (χ4v) is 2.83. The Morgan fingerprint density at radius 2 is 1.26 bits per heavy atom. The molecule has 0 amide bonds. The Morgan fingerprint density at radius 1 is 0.826 bits per heavy atom. The second kappa shape index (κ2) is 10.6. The Hall–Kier alpha value is -1.16. The molecule has 2 rings (SSSR count). The number of aliphatic hydroxyl groups is 1. The molecule has 1 N–H and O–H groups in total. The molecule has 2 aromatic carbocycles. The van der Waals surface area contributed by atoms with E-state index in [1.807, 2.05) is 12.1 Å². The molecule has 2 aromatic rings. The zero-order chi connectivity index (χ0) is 15.8. The number of aliphatic hydroxyl groups excluding tert-OH is 1. The fraction of sp³-hybridized carbons (Fsp3) is 0.400. The molecule has 0 aliphatic rings. The van der Waals surface area contributed by atoms with Gasteiger partial charge in [0.05, 0.1) is 6.61 Å². The van der Waals surface area contributed by atoms with Crippen molar-refractivity contribution < 1.29 is 5.11 Å². The first-order valence-corrected chi connectivity index (χ1v) is 8.11. The van der Waals surface area contributed by atoms with E-state index in [1.165, 1.54) is 11.1 Å². The number of hydrogen-bond donors (Lipinski definition) is 1. The highest BCUT2D eigenvalue weighted by Crippen LogP contribution is 2.18. The van der Waals surface area contributed by atoms with Gasteiger partial charge in [0.1, 0.15) is 0 Å². The summed E-state index contributed by atoms with van der Waals surface area (Å²) in [5.74, 6) is 0.575. The Bertz CT molecular complexity index is 488. The van der Waals surface area contributed by atoms with Crippen molar-refractivity contribution >= 4 is 17.0 Å². The molecule has 0 aliphatic carbocycles. The van der Waals surface area contributed by atoms with E-state index in [0.717, 1.165) is 19.5 Å². The minimum atomic E-state index is 0. The van der Waals surface area contributed by atoms with Gasteiger partial charge in [0.15, 0.2) is 0 Å². The van der Waals surface area contributed by atoms with Gasteiger partial charge in [0.25, 0.3) is 0 Å². The van der Waals surface area contributed by atoms with Gasteiger partial charge in [-0.05, 0) is 23.5 Å². The predicted octanol–water partition coefficient (Wildman–Crippen LogP) is 4.67. The van der Waals surface area contributed by atoms with E-state index < -0.39 is 0 Å². The quantitative estimate of drug-likeness (QED) is 0.721. The molecular formula is C20H28BrNO. The molecule has 0 radical (unpaired) electrons. The lowest BCUT2D eigenvalue weighted by atomic mass is 10.0. The van der Waals surface area contributed by atoms with Crippen molar-refractivity contribution in [2.24, 2.45) is 5.92 Å². The average Bonchev–Trinajstić information content (AvgIpc) is 2.54. The van der Waals surface area contributed by atoms with Gasteiger partial charge in [0, 0.05) is 19.1 Å². The maximum absolute atomic E-state index is 9.86. The summed E-state index contributed by atoms with van der Waals surface area (Å²) in [5.41, 5.74) is 2.58. The summed E-state index contributed by atoms with van der Waals surface area (Å²) in [5, 5.41) is 9.86. The first kappa shape index (κ1) is 19.9. The number of hydrogen-bond acceptors (Lipinski definition) is 2. The van der Waals surface area contributed by atoms with Crippen LogP contribution in [0, 0.1) is 5.92 Å². The van der Waals surface area contributed by atoms with Gasteiger partial charge in [-0.1, -0.05) is 74.5 Å². The lowest BCUT2D eigenvalue weighted by molar-refractivity contribution is 0.0941. The van der Waals surface area contributed by atoms with Crippen molar-refractivity contribution in [1.29, 1.82) is 0 Å². The van der Waals surface area contributed by atoms with Crippen molar-refractivity contribution in [2.75, 3.05) is 6.61 Å². The molecule has 0 fully saturated rings. The largest absolute Gasteiger partial charge is 0.395 e. The van der Waals surface area contributed by atoms with Crippen LogP contribution in [-0.4, -0.2) is 22.7 Å². The highest BCUT2D eigenvalue weighted by molar-refractivity contribution is 8.93. The van der Waals surface area contributed by atoms with Crippen LogP contribution in [0.5, 0.6) is 0 Å². The van der Waals surface area contributed by atoms with Crippen molar-refractivity contribution in [3.63, 3.8) is 0 Å². The molecule has 0 unspecified atom stereocenters. The molecule has 2 nitrogen and oxygen atoms in total. The molecule has 23 heavy (non-hydrogen) atoms. The van der Waals surface area contributed by atoms with Gasteiger partial charge >= 0.3 is 0 Å². The van der Waals surface area contributed by atoms with Crippen molar-refractivity contribution in [1.82, 2.24) is 4.90 Å². The standard InChI is InChI=1S/C20H27NO.BrH/c1-17(2)13-20(16-22)21(14-18-9-5-3-6-10-18)15-19-11-7-4-8-12-19;/h3-12,17,20,22H,13-16H2,1-2H3;1H/t20-;/m0./s1. The smallest absolute Gasteiger partial charge is 0.0587 e. The number of benzene rings is 2. The van der Waals surface area contributed by atoms with E-state index in [-0.39, 0.29) is 29.6 Å². The molecule has 1 atom stereocenters. The number of halogens is 1. The molecule has 3 heteroatoms. The van der Waals surface area contributed by atoms with Crippen molar-refractivity contribution in [2.45, 2.75) is 39.4 Å². The molecule has 0 heterocycles. The van der Waals surface area contributed by atoms with E-state index >= 15 is 0 Å².